The average molecular weight is 291 g/mol. The van der Waals surface area contributed by atoms with Crippen molar-refractivity contribution in [2.75, 3.05) is 10.6 Å². The lowest BCUT2D eigenvalue weighted by Crippen LogP contribution is -2.20. The van der Waals surface area contributed by atoms with Crippen LogP contribution in [0.5, 0.6) is 0 Å². The summed E-state index contributed by atoms with van der Waals surface area (Å²) in [5.41, 5.74) is 0.280. The molecule has 0 spiro atoms. The first kappa shape index (κ1) is 14.4. The highest BCUT2D eigenvalue weighted by Crippen LogP contribution is 2.20. The van der Waals surface area contributed by atoms with Crippen molar-refractivity contribution < 1.29 is 18.0 Å². The first-order valence-corrected chi connectivity index (χ1v) is 5.73. The van der Waals surface area contributed by atoms with Crippen molar-refractivity contribution >= 4 is 17.4 Å². The molecule has 0 saturated carbocycles. The van der Waals surface area contributed by atoms with Crippen molar-refractivity contribution in [3.05, 3.63) is 59.4 Å². The zero-order chi connectivity index (χ0) is 15.4. The van der Waals surface area contributed by atoms with E-state index < -0.39 is 29.2 Å². The molecule has 0 bridgehead atoms. The highest BCUT2D eigenvalue weighted by molar-refractivity contribution is 5.99. The summed E-state index contributed by atoms with van der Waals surface area (Å²) >= 11 is 0. The number of anilines is 2. The molecule has 4 nitrogen and oxygen atoms in total. The Kier molecular flexibility index (Phi) is 4.09. The molecule has 7 heteroatoms. The summed E-state index contributed by atoms with van der Waals surface area (Å²) in [6.45, 7) is 0. The fourth-order valence-corrected chi connectivity index (χ4v) is 1.54. The molecular formula is C14H8F3N3O. The van der Waals surface area contributed by atoms with Gasteiger partial charge in [0.05, 0.1) is 17.3 Å². The zero-order valence-corrected chi connectivity index (χ0v) is 10.5. The largest absolute Gasteiger partial charge is 0.323 e. The molecule has 0 aliphatic heterocycles. The molecule has 2 aromatic carbocycles. The Labute approximate surface area is 117 Å². The Morgan fingerprint density at radius 2 is 1.62 bits per heavy atom. The zero-order valence-electron chi connectivity index (χ0n) is 10.5. The average Bonchev–Trinajstić information content (AvgIpc) is 2.49. The van der Waals surface area contributed by atoms with Crippen molar-refractivity contribution in [1.82, 2.24) is 0 Å². The van der Waals surface area contributed by atoms with Gasteiger partial charge in [-0.3, -0.25) is 0 Å². The Balaban J connectivity index is 2.08. The van der Waals surface area contributed by atoms with E-state index in [0.717, 1.165) is 6.07 Å². The van der Waals surface area contributed by atoms with E-state index in [-0.39, 0.29) is 0 Å². The first-order chi connectivity index (χ1) is 10.0. The maximum Gasteiger partial charge on any atom is 0.323 e. The summed E-state index contributed by atoms with van der Waals surface area (Å²) in [6.07, 6.45) is 0. The van der Waals surface area contributed by atoms with Crippen molar-refractivity contribution in [2.45, 2.75) is 0 Å². The molecule has 2 N–H and O–H groups in total. The van der Waals surface area contributed by atoms with Crippen LogP contribution in [0.25, 0.3) is 0 Å². The Hall–Kier alpha value is -3.01. The summed E-state index contributed by atoms with van der Waals surface area (Å²) in [6, 6.07) is 8.60. The van der Waals surface area contributed by atoms with Crippen LogP contribution in [0.2, 0.25) is 0 Å². The van der Waals surface area contributed by atoms with Gasteiger partial charge in [0.1, 0.15) is 0 Å². The molecule has 0 fully saturated rings. The van der Waals surface area contributed by atoms with Gasteiger partial charge in [-0.05, 0) is 36.4 Å². The van der Waals surface area contributed by atoms with Crippen molar-refractivity contribution in [3.63, 3.8) is 0 Å². The van der Waals surface area contributed by atoms with Gasteiger partial charge in [0.2, 0.25) is 0 Å². The lowest BCUT2D eigenvalue weighted by atomic mass is 10.2. The van der Waals surface area contributed by atoms with Crippen LogP contribution in [0, 0.1) is 28.8 Å². The van der Waals surface area contributed by atoms with Crippen LogP contribution >= 0.6 is 0 Å². The van der Waals surface area contributed by atoms with Gasteiger partial charge in [0.15, 0.2) is 17.5 Å². The lowest BCUT2D eigenvalue weighted by molar-refractivity contribution is 0.262. The normalized spacial score (nSPS) is 9.81. The van der Waals surface area contributed by atoms with Gasteiger partial charge in [0, 0.05) is 5.69 Å². The number of nitrogens with one attached hydrogen (secondary N) is 2. The third-order valence-electron chi connectivity index (χ3n) is 2.56. The molecule has 0 aliphatic carbocycles. The van der Waals surface area contributed by atoms with Crippen LogP contribution in [0.4, 0.5) is 29.3 Å². The maximum atomic E-state index is 13.4. The Morgan fingerprint density at radius 3 is 2.24 bits per heavy atom. The summed E-state index contributed by atoms with van der Waals surface area (Å²) in [7, 11) is 0. The summed E-state index contributed by atoms with van der Waals surface area (Å²) in [4.78, 5) is 11.6. The van der Waals surface area contributed by atoms with E-state index >= 15 is 0 Å². The van der Waals surface area contributed by atoms with Crippen molar-refractivity contribution in [2.24, 2.45) is 0 Å². The summed E-state index contributed by atoms with van der Waals surface area (Å²) in [5, 5.41) is 13.0. The minimum absolute atomic E-state index is 0.356. The molecule has 0 aliphatic rings. The van der Waals surface area contributed by atoms with Crippen molar-refractivity contribution in [3.8, 4) is 6.07 Å². The second-order valence-electron chi connectivity index (χ2n) is 3.99. The number of carbonyl (C=O) groups excluding carboxylic acids is 1. The van der Waals surface area contributed by atoms with E-state index in [1.54, 1.807) is 0 Å². The molecule has 0 atom stereocenters. The molecule has 2 rings (SSSR count). The lowest BCUT2D eigenvalue weighted by Gasteiger charge is -2.09. The quantitative estimate of drug-likeness (QED) is 0.830. The minimum atomic E-state index is -1.66. The van der Waals surface area contributed by atoms with E-state index in [9.17, 15) is 18.0 Å². The second kappa shape index (κ2) is 5.96. The number of hydrogen-bond acceptors (Lipinski definition) is 2. The third-order valence-corrected chi connectivity index (χ3v) is 2.56. The van der Waals surface area contributed by atoms with Gasteiger partial charge >= 0.3 is 6.03 Å². The Morgan fingerprint density at radius 1 is 0.952 bits per heavy atom. The number of carbonyl (C=O) groups is 1. The highest BCUT2D eigenvalue weighted by atomic mass is 19.2. The second-order valence-corrected chi connectivity index (χ2v) is 3.99. The number of benzene rings is 2. The predicted octanol–water partition coefficient (Wildman–Crippen LogP) is 3.62. The van der Waals surface area contributed by atoms with Crippen LogP contribution in [0.1, 0.15) is 5.56 Å². The fourth-order valence-electron chi connectivity index (χ4n) is 1.54. The minimum Gasteiger partial charge on any atom is -0.308 e. The number of halogens is 3. The monoisotopic (exact) mass is 291 g/mol. The number of hydrogen-bond donors (Lipinski definition) is 2. The predicted molar refractivity (Wildman–Crippen MR) is 70.1 cm³/mol. The molecule has 0 aromatic heterocycles. The molecule has 0 saturated heterocycles. The molecule has 21 heavy (non-hydrogen) atoms. The van der Waals surface area contributed by atoms with Crippen LogP contribution < -0.4 is 10.6 Å². The molecule has 106 valence electrons. The molecule has 2 amide bonds. The SMILES string of the molecule is N#Cc1ccc(NC(=O)Nc2ccc(F)c(F)c2F)cc1. The smallest absolute Gasteiger partial charge is 0.308 e. The van der Waals surface area contributed by atoms with Gasteiger partial charge in [-0.15, -0.1) is 0 Å². The standard InChI is InChI=1S/C14H8F3N3O/c15-10-5-6-11(13(17)12(10)16)20-14(21)19-9-3-1-8(7-18)2-4-9/h1-6H,(H2,19,20,21). The number of amides is 2. The molecular weight excluding hydrogens is 283 g/mol. The van der Waals surface area contributed by atoms with Crippen LogP contribution in [-0.4, -0.2) is 6.03 Å². The maximum absolute atomic E-state index is 13.4. The van der Waals surface area contributed by atoms with Crippen LogP contribution in [-0.2, 0) is 0 Å². The Bertz CT molecular complexity index is 723. The third kappa shape index (κ3) is 3.30. The molecule has 0 unspecified atom stereocenters. The van der Waals surface area contributed by atoms with Gasteiger partial charge in [-0.1, -0.05) is 0 Å². The first-order valence-electron chi connectivity index (χ1n) is 5.73. The number of nitriles is 1. The highest BCUT2D eigenvalue weighted by Gasteiger charge is 2.15. The number of urea groups is 1. The molecule has 2 aromatic rings. The number of nitrogens with zero attached hydrogens (tertiary/aromatic N) is 1. The topological polar surface area (TPSA) is 64.9 Å². The van der Waals surface area contributed by atoms with E-state index in [1.165, 1.54) is 24.3 Å². The van der Waals surface area contributed by atoms with E-state index in [2.05, 4.69) is 10.6 Å². The summed E-state index contributed by atoms with van der Waals surface area (Å²) < 4.78 is 39.1. The van der Waals surface area contributed by atoms with Crippen LogP contribution in [0.15, 0.2) is 36.4 Å². The van der Waals surface area contributed by atoms with Gasteiger partial charge in [-0.2, -0.15) is 5.26 Å². The molecule has 0 heterocycles. The van der Waals surface area contributed by atoms with Gasteiger partial charge in [0.25, 0.3) is 0 Å². The summed E-state index contributed by atoms with van der Waals surface area (Å²) in [5.74, 6) is -4.48. The van der Waals surface area contributed by atoms with Crippen molar-refractivity contribution in [1.29, 1.82) is 5.26 Å². The van der Waals surface area contributed by atoms with Gasteiger partial charge in [-0.25, -0.2) is 18.0 Å². The van der Waals surface area contributed by atoms with E-state index in [1.807, 2.05) is 6.07 Å². The van der Waals surface area contributed by atoms with E-state index in [4.69, 9.17) is 5.26 Å². The number of rotatable bonds is 2. The molecule has 0 radical (unpaired) electrons. The van der Waals surface area contributed by atoms with Gasteiger partial charge < -0.3 is 10.6 Å². The van der Waals surface area contributed by atoms with E-state index in [0.29, 0.717) is 17.3 Å². The van der Waals surface area contributed by atoms with Crippen LogP contribution in [0.3, 0.4) is 0 Å². The fraction of sp³-hybridized carbons (Fsp3) is 0.